The molecule has 4 nitrogen and oxygen atoms in total. The standard InChI is InChI=1S/C21H29BrFN3OS/c1-20(2,3)26-19(15-10-9-14(23)11-17(15)22)16(12-24-26)18(13-7-8-13)25-28(27)21(4,5)6/h9-13,18,25H,7-8H2,1-6H3/t18-,28?/m1/s1. The molecule has 3 rings (SSSR count). The van der Waals surface area contributed by atoms with Crippen molar-refractivity contribution >= 4 is 27.3 Å². The lowest BCUT2D eigenvalue weighted by molar-refractivity contribution is 0.359. The molecule has 0 spiro atoms. The average molecular weight is 470 g/mol. The first-order chi connectivity index (χ1) is 12.9. The van der Waals surface area contributed by atoms with Gasteiger partial charge in [-0.15, -0.1) is 4.72 Å². The molecule has 1 aromatic heterocycles. The third-order valence-electron chi connectivity index (χ3n) is 4.84. The van der Waals surface area contributed by atoms with Crippen LogP contribution in [0.5, 0.6) is 0 Å². The van der Waals surface area contributed by atoms with Crippen LogP contribution in [-0.2, 0) is 16.9 Å². The first-order valence-electron chi connectivity index (χ1n) is 9.61. The second-order valence-electron chi connectivity index (χ2n) is 9.47. The molecule has 0 radical (unpaired) electrons. The number of hydrogen-bond donors (Lipinski definition) is 1. The topological polar surface area (TPSA) is 52.9 Å². The maximum atomic E-state index is 13.7. The summed E-state index contributed by atoms with van der Waals surface area (Å²) >= 11 is 2.33. The molecular formula is C21H29BrFN3OS. The summed E-state index contributed by atoms with van der Waals surface area (Å²) in [4.78, 5) is 0. The Morgan fingerprint density at radius 3 is 2.39 bits per heavy atom. The maximum absolute atomic E-state index is 13.7. The van der Waals surface area contributed by atoms with E-state index in [0.717, 1.165) is 29.7 Å². The van der Waals surface area contributed by atoms with Crippen molar-refractivity contribution in [2.75, 3.05) is 0 Å². The maximum Gasteiger partial charge on any atom is 0.136 e. The van der Waals surface area contributed by atoms with Crippen LogP contribution in [0, 0.1) is 11.7 Å². The first-order valence-corrected chi connectivity index (χ1v) is 11.6. The second kappa shape index (κ2) is 7.74. The zero-order chi connectivity index (χ0) is 20.9. The largest absolute Gasteiger partial charge is 0.598 e. The van der Waals surface area contributed by atoms with Gasteiger partial charge in [0.25, 0.3) is 0 Å². The third kappa shape index (κ3) is 4.64. The summed E-state index contributed by atoms with van der Waals surface area (Å²) in [5.74, 6) is 0.145. The molecule has 1 saturated carbocycles. The van der Waals surface area contributed by atoms with E-state index in [2.05, 4.69) is 41.4 Å². The molecule has 0 amide bonds. The summed E-state index contributed by atoms with van der Waals surface area (Å²) in [6, 6.07) is 4.68. The second-order valence-corrected chi connectivity index (χ2v) is 12.3. The minimum Gasteiger partial charge on any atom is -0.598 e. The van der Waals surface area contributed by atoms with Crippen molar-refractivity contribution < 1.29 is 8.94 Å². The highest BCUT2D eigenvalue weighted by atomic mass is 79.9. The van der Waals surface area contributed by atoms with Crippen molar-refractivity contribution in [3.63, 3.8) is 0 Å². The predicted octanol–water partition coefficient (Wildman–Crippen LogP) is 5.71. The molecule has 1 N–H and O–H groups in total. The predicted molar refractivity (Wildman–Crippen MR) is 117 cm³/mol. The van der Waals surface area contributed by atoms with Crippen molar-refractivity contribution in [1.82, 2.24) is 14.5 Å². The van der Waals surface area contributed by atoms with E-state index in [4.69, 9.17) is 5.10 Å². The molecule has 7 heteroatoms. The van der Waals surface area contributed by atoms with Gasteiger partial charge in [0.2, 0.25) is 0 Å². The number of hydrogen-bond acceptors (Lipinski definition) is 3. The van der Waals surface area contributed by atoms with Crippen molar-refractivity contribution in [3.05, 3.63) is 40.2 Å². The van der Waals surface area contributed by atoms with Crippen molar-refractivity contribution in [2.45, 2.75) is 70.7 Å². The average Bonchev–Trinajstić information content (AvgIpc) is 3.29. The lowest BCUT2D eigenvalue weighted by Crippen LogP contribution is -2.42. The Morgan fingerprint density at radius 1 is 1.25 bits per heavy atom. The number of halogens is 2. The van der Waals surface area contributed by atoms with E-state index in [9.17, 15) is 8.94 Å². The Bertz CT molecular complexity index is 852. The molecule has 2 atom stereocenters. The highest BCUT2D eigenvalue weighted by molar-refractivity contribution is 9.10. The van der Waals surface area contributed by atoms with Crippen LogP contribution in [0.1, 0.15) is 66.0 Å². The fourth-order valence-electron chi connectivity index (χ4n) is 3.18. The molecule has 154 valence electrons. The zero-order valence-electron chi connectivity index (χ0n) is 17.3. The summed E-state index contributed by atoms with van der Waals surface area (Å²) in [7, 11) is 0. The molecule has 0 saturated heterocycles. The Hall–Kier alpha value is -0.890. The van der Waals surface area contributed by atoms with Gasteiger partial charge in [-0.2, -0.15) is 5.10 Å². The quantitative estimate of drug-likeness (QED) is 0.570. The molecule has 2 aromatic rings. The Balaban J connectivity index is 2.13. The number of nitrogens with one attached hydrogen (secondary N) is 1. The molecule has 1 unspecified atom stereocenters. The van der Waals surface area contributed by atoms with E-state index < -0.39 is 11.4 Å². The highest BCUT2D eigenvalue weighted by Gasteiger charge is 2.41. The van der Waals surface area contributed by atoms with E-state index in [1.807, 2.05) is 31.6 Å². The number of rotatable bonds is 5. The van der Waals surface area contributed by atoms with Crippen molar-refractivity contribution in [1.29, 1.82) is 0 Å². The van der Waals surface area contributed by atoms with Crippen LogP contribution in [0.2, 0.25) is 0 Å². The van der Waals surface area contributed by atoms with E-state index in [1.165, 1.54) is 12.1 Å². The lowest BCUT2D eigenvalue weighted by Gasteiger charge is -2.29. The summed E-state index contributed by atoms with van der Waals surface area (Å²) in [6.07, 6.45) is 4.08. The van der Waals surface area contributed by atoms with Gasteiger partial charge in [-0.25, -0.2) is 4.39 Å². The van der Waals surface area contributed by atoms with Crippen molar-refractivity contribution in [3.8, 4) is 11.3 Å². The van der Waals surface area contributed by atoms with Gasteiger partial charge in [-0.1, -0.05) is 0 Å². The monoisotopic (exact) mass is 469 g/mol. The molecule has 1 aliphatic carbocycles. The molecular weight excluding hydrogens is 441 g/mol. The van der Waals surface area contributed by atoms with Crippen LogP contribution >= 0.6 is 15.9 Å². The van der Waals surface area contributed by atoms with Gasteiger partial charge in [0.1, 0.15) is 10.6 Å². The van der Waals surface area contributed by atoms with Gasteiger partial charge in [-0.3, -0.25) is 4.68 Å². The summed E-state index contributed by atoms with van der Waals surface area (Å²) in [6.45, 7) is 12.2. The van der Waals surface area contributed by atoms with Gasteiger partial charge >= 0.3 is 0 Å². The number of aromatic nitrogens is 2. The summed E-state index contributed by atoms with van der Waals surface area (Å²) in [5.41, 5.74) is 2.59. The van der Waals surface area contributed by atoms with Gasteiger partial charge in [0.05, 0.1) is 23.5 Å². The van der Waals surface area contributed by atoms with E-state index in [-0.39, 0.29) is 22.1 Å². The van der Waals surface area contributed by atoms with Crippen LogP contribution < -0.4 is 4.72 Å². The molecule has 1 aromatic carbocycles. The Labute approximate surface area is 178 Å². The van der Waals surface area contributed by atoms with Crippen LogP contribution in [-0.4, -0.2) is 19.1 Å². The van der Waals surface area contributed by atoms with Gasteiger partial charge in [0, 0.05) is 27.0 Å². The van der Waals surface area contributed by atoms with Crippen molar-refractivity contribution in [2.24, 2.45) is 5.92 Å². The SMILES string of the molecule is CC(C)(C)n1ncc([C@H](N[S+]([O-])C(C)(C)C)C2CC2)c1-c1ccc(F)cc1Br. The van der Waals surface area contributed by atoms with Crippen LogP contribution in [0.3, 0.4) is 0 Å². The Morgan fingerprint density at radius 2 is 1.89 bits per heavy atom. The first kappa shape index (κ1) is 21.8. The molecule has 1 heterocycles. The fraction of sp³-hybridized carbons (Fsp3) is 0.571. The Kier molecular flexibility index (Phi) is 6.03. The van der Waals surface area contributed by atoms with Gasteiger partial charge < -0.3 is 4.55 Å². The number of benzene rings is 1. The number of nitrogens with zero attached hydrogens (tertiary/aromatic N) is 2. The molecule has 1 aliphatic rings. The van der Waals surface area contributed by atoms with E-state index in [0.29, 0.717) is 10.4 Å². The fourth-order valence-corrected chi connectivity index (χ4v) is 4.63. The molecule has 0 aliphatic heterocycles. The third-order valence-corrected chi connectivity index (χ3v) is 7.07. The zero-order valence-corrected chi connectivity index (χ0v) is 19.7. The minimum atomic E-state index is -1.19. The van der Waals surface area contributed by atoms with Gasteiger partial charge in [0.15, 0.2) is 0 Å². The summed E-state index contributed by atoms with van der Waals surface area (Å²) < 4.78 is 32.3. The smallest absolute Gasteiger partial charge is 0.136 e. The van der Waals surface area contributed by atoms with E-state index >= 15 is 0 Å². The normalized spacial score (nSPS) is 17.6. The molecule has 1 fully saturated rings. The summed E-state index contributed by atoms with van der Waals surface area (Å²) in [5, 5.41) is 4.69. The van der Waals surface area contributed by atoms with E-state index in [1.54, 1.807) is 6.07 Å². The van der Waals surface area contributed by atoms with Crippen LogP contribution in [0.15, 0.2) is 28.9 Å². The lowest BCUT2D eigenvalue weighted by atomic mass is 9.98. The molecule has 28 heavy (non-hydrogen) atoms. The highest BCUT2D eigenvalue weighted by Crippen LogP contribution is 2.46. The van der Waals surface area contributed by atoms with Crippen LogP contribution in [0.4, 0.5) is 4.39 Å². The van der Waals surface area contributed by atoms with Gasteiger partial charge in [-0.05, 0) is 94.4 Å². The minimum absolute atomic E-state index is 0.0527. The van der Waals surface area contributed by atoms with Crippen LogP contribution in [0.25, 0.3) is 11.3 Å². The molecule has 0 bridgehead atoms.